The van der Waals surface area contributed by atoms with E-state index in [-0.39, 0.29) is 5.75 Å². The molecule has 0 saturated heterocycles. The van der Waals surface area contributed by atoms with Crippen molar-refractivity contribution in [3.63, 3.8) is 0 Å². The zero-order valence-electron chi connectivity index (χ0n) is 18.7. The van der Waals surface area contributed by atoms with Crippen LogP contribution in [0.15, 0.2) is 72.5 Å². The molecule has 0 unspecified atom stereocenters. The fraction of sp³-hybridized carbons (Fsp3) is 0.222. The number of aromatic amines is 1. The third kappa shape index (κ3) is 6.60. The summed E-state index contributed by atoms with van der Waals surface area (Å²) < 4.78 is 6.00. The van der Waals surface area contributed by atoms with Crippen molar-refractivity contribution in [2.75, 3.05) is 6.61 Å². The van der Waals surface area contributed by atoms with Crippen molar-refractivity contribution >= 4 is 11.6 Å². The van der Waals surface area contributed by atoms with E-state index >= 15 is 0 Å². The molecule has 0 aliphatic heterocycles. The summed E-state index contributed by atoms with van der Waals surface area (Å²) >= 11 is 6.21. The Balaban J connectivity index is 1.50. The van der Waals surface area contributed by atoms with Gasteiger partial charge in [0.05, 0.1) is 11.6 Å². The molecule has 0 atom stereocenters. The molecule has 2 aromatic carbocycles. The quantitative estimate of drug-likeness (QED) is 0.352. The first-order valence-electron chi connectivity index (χ1n) is 11.2. The number of hydrogen-bond acceptors (Lipinski definition) is 5. The number of phenols is 1. The van der Waals surface area contributed by atoms with Crippen LogP contribution < -0.4 is 0 Å². The normalized spacial score (nSPS) is 15.7. The zero-order chi connectivity index (χ0) is 23.6. The van der Waals surface area contributed by atoms with Gasteiger partial charge >= 0.3 is 0 Å². The Kier molecular flexibility index (Phi) is 8.15. The van der Waals surface area contributed by atoms with Gasteiger partial charge in [-0.1, -0.05) is 41.7 Å². The van der Waals surface area contributed by atoms with Crippen molar-refractivity contribution in [2.24, 2.45) is 0 Å². The number of nitrogens with zero attached hydrogens (tertiary/aromatic N) is 3. The summed E-state index contributed by atoms with van der Waals surface area (Å²) in [5.74, 6) is 7.86. The lowest BCUT2D eigenvalue weighted by Gasteiger charge is -2.09. The summed E-state index contributed by atoms with van der Waals surface area (Å²) in [6, 6.07) is 10.7. The van der Waals surface area contributed by atoms with Crippen LogP contribution >= 0.6 is 11.6 Å². The first-order valence-corrected chi connectivity index (χ1v) is 11.6. The Hall–Kier alpha value is -3.82. The molecule has 0 spiro atoms. The van der Waals surface area contributed by atoms with Crippen LogP contribution in [0.5, 0.6) is 5.75 Å². The molecule has 0 fully saturated rings. The molecule has 7 heteroatoms. The Morgan fingerprint density at radius 1 is 1.06 bits per heavy atom. The molecule has 6 nitrogen and oxygen atoms in total. The molecule has 0 radical (unpaired) electrons. The molecule has 0 saturated carbocycles. The number of halogens is 1. The van der Waals surface area contributed by atoms with Crippen LogP contribution in [0.4, 0.5) is 0 Å². The average Bonchev–Trinajstić information content (AvgIpc) is 3.40. The molecule has 0 bridgehead atoms. The fourth-order valence-electron chi connectivity index (χ4n) is 3.50. The maximum Gasteiger partial charge on any atom is 0.204 e. The Morgan fingerprint density at radius 3 is 2.76 bits per heavy atom. The van der Waals surface area contributed by atoms with Gasteiger partial charge in [0.2, 0.25) is 5.82 Å². The van der Waals surface area contributed by atoms with Gasteiger partial charge < -0.3 is 9.84 Å². The fourth-order valence-corrected chi connectivity index (χ4v) is 3.72. The van der Waals surface area contributed by atoms with Crippen LogP contribution in [0.25, 0.3) is 11.4 Å². The predicted octanol–water partition coefficient (Wildman–Crippen LogP) is 5.75. The van der Waals surface area contributed by atoms with Crippen molar-refractivity contribution in [1.29, 1.82) is 0 Å². The van der Waals surface area contributed by atoms with E-state index in [1.807, 2.05) is 30.4 Å². The number of aryl methyl sites for hydroxylation is 1. The first-order chi connectivity index (χ1) is 16.7. The van der Waals surface area contributed by atoms with E-state index in [1.165, 1.54) is 6.07 Å². The average molecular weight is 473 g/mol. The number of rotatable bonds is 6. The number of aromatic nitrogens is 4. The van der Waals surface area contributed by atoms with E-state index in [9.17, 15) is 5.11 Å². The van der Waals surface area contributed by atoms with E-state index in [2.05, 4.69) is 50.7 Å². The number of aromatic hydroxyl groups is 1. The van der Waals surface area contributed by atoms with Gasteiger partial charge in [0.25, 0.3) is 0 Å². The molecule has 1 aromatic heterocycles. The first kappa shape index (κ1) is 23.3. The minimum atomic E-state index is 0.112. The van der Waals surface area contributed by atoms with Crippen LogP contribution in [0.1, 0.15) is 42.4 Å². The maximum atomic E-state index is 9.57. The number of nitrogens with one attached hydrogen (secondary N) is 1. The van der Waals surface area contributed by atoms with E-state index in [4.69, 9.17) is 16.3 Å². The summed E-state index contributed by atoms with van der Waals surface area (Å²) in [5, 5.41) is 24.3. The van der Waals surface area contributed by atoms with Crippen molar-refractivity contribution < 1.29 is 9.84 Å². The third-order valence-corrected chi connectivity index (χ3v) is 5.59. The molecule has 34 heavy (non-hydrogen) atoms. The van der Waals surface area contributed by atoms with Gasteiger partial charge in [-0.15, -0.1) is 10.2 Å². The van der Waals surface area contributed by atoms with Crippen molar-refractivity contribution in [3.8, 4) is 29.0 Å². The zero-order valence-corrected chi connectivity index (χ0v) is 19.4. The molecule has 3 aromatic rings. The topological polar surface area (TPSA) is 83.9 Å². The van der Waals surface area contributed by atoms with Crippen LogP contribution in [-0.2, 0) is 11.2 Å². The number of allylic oxidation sites excluding steroid dienone is 5. The summed E-state index contributed by atoms with van der Waals surface area (Å²) in [7, 11) is 0. The Bertz CT molecular complexity index is 1270. The van der Waals surface area contributed by atoms with E-state index < -0.39 is 0 Å². The van der Waals surface area contributed by atoms with Gasteiger partial charge in [-0.2, -0.15) is 5.21 Å². The molecular weight excluding hydrogens is 448 g/mol. The van der Waals surface area contributed by atoms with Gasteiger partial charge in [-0.05, 0) is 91.4 Å². The molecule has 2 N–H and O–H groups in total. The Labute approximate surface area is 204 Å². The van der Waals surface area contributed by atoms with Crippen LogP contribution in [0.2, 0.25) is 5.02 Å². The Morgan fingerprint density at radius 2 is 1.91 bits per heavy atom. The summed E-state index contributed by atoms with van der Waals surface area (Å²) in [6.45, 7) is 0.590. The number of phenolic OH excluding ortho intramolecular Hbond substituents is 1. The maximum absolute atomic E-state index is 9.57. The summed E-state index contributed by atoms with van der Waals surface area (Å²) in [4.78, 5) is 0. The number of benzene rings is 2. The van der Waals surface area contributed by atoms with Crippen LogP contribution in [-0.4, -0.2) is 32.3 Å². The third-order valence-electron chi connectivity index (χ3n) is 5.27. The lowest BCUT2D eigenvalue weighted by molar-refractivity contribution is 0.220. The standard InChI is InChI=1S/C27H25ClN4O2/c28-26-19-24(33)16-15-21(26)13-11-20-12-14-23(27-29-31-32-30-27)18-22(20)8-7-17-34-25-9-5-3-1-2-4-6-10-25/h3,5-6,9-10,12,14-16,18-19,33H,1-2,4,7-8,17H2,(H,29,30,31,32)/b5-3-,10-6?,25-9+. The van der Waals surface area contributed by atoms with E-state index in [1.54, 1.807) is 12.1 Å². The van der Waals surface area contributed by atoms with Crippen LogP contribution in [0.3, 0.4) is 0 Å². The smallest absolute Gasteiger partial charge is 0.204 e. The van der Waals surface area contributed by atoms with Crippen molar-refractivity contribution in [1.82, 2.24) is 20.6 Å². The lowest BCUT2D eigenvalue weighted by atomic mass is 9.99. The molecule has 1 aliphatic carbocycles. The highest BCUT2D eigenvalue weighted by molar-refractivity contribution is 6.31. The van der Waals surface area contributed by atoms with Gasteiger partial charge in [-0.25, -0.2) is 0 Å². The molecule has 1 aliphatic rings. The largest absolute Gasteiger partial charge is 0.508 e. The minimum absolute atomic E-state index is 0.112. The highest BCUT2D eigenvalue weighted by Gasteiger charge is 2.08. The van der Waals surface area contributed by atoms with Gasteiger partial charge in [-0.3, -0.25) is 0 Å². The van der Waals surface area contributed by atoms with Crippen molar-refractivity contribution in [2.45, 2.75) is 32.1 Å². The van der Waals surface area contributed by atoms with Gasteiger partial charge in [0.1, 0.15) is 11.5 Å². The van der Waals surface area contributed by atoms with E-state index in [0.29, 0.717) is 23.0 Å². The number of tetrazole rings is 1. The number of hydrogen-bond donors (Lipinski definition) is 2. The summed E-state index contributed by atoms with van der Waals surface area (Å²) in [6.07, 6.45) is 15.3. The molecular formula is C27H25ClN4O2. The SMILES string of the molecule is Oc1ccc(C#Cc2ccc(-c3nn[nH]n3)cc2CCCO/C2=C/C=C\CCCC=C2)c(Cl)c1. The second-order valence-electron chi connectivity index (χ2n) is 7.80. The second kappa shape index (κ2) is 11.9. The highest BCUT2D eigenvalue weighted by atomic mass is 35.5. The molecule has 4 rings (SSSR count). The summed E-state index contributed by atoms with van der Waals surface area (Å²) in [5.41, 5.74) is 3.47. The minimum Gasteiger partial charge on any atom is -0.508 e. The molecule has 0 amide bonds. The second-order valence-corrected chi connectivity index (χ2v) is 8.21. The van der Waals surface area contributed by atoms with Crippen molar-refractivity contribution in [3.05, 3.63) is 94.3 Å². The highest BCUT2D eigenvalue weighted by Crippen LogP contribution is 2.23. The number of H-pyrrole nitrogens is 1. The van der Waals surface area contributed by atoms with E-state index in [0.717, 1.165) is 54.6 Å². The lowest BCUT2D eigenvalue weighted by Crippen LogP contribution is -1.99. The number of ether oxygens (including phenoxy) is 1. The monoisotopic (exact) mass is 472 g/mol. The molecule has 172 valence electrons. The van der Waals surface area contributed by atoms with Crippen LogP contribution in [0, 0.1) is 11.8 Å². The molecule has 1 heterocycles. The van der Waals surface area contributed by atoms with Gasteiger partial charge in [0.15, 0.2) is 0 Å². The predicted molar refractivity (Wildman–Crippen MR) is 133 cm³/mol. The van der Waals surface area contributed by atoms with Gasteiger partial charge in [0, 0.05) is 16.7 Å².